The topological polar surface area (TPSA) is 87.7 Å². The molecule has 0 spiro atoms. The number of ether oxygens (including phenoxy) is 1. The van der Waals surface area contributed by atoms with E-state index in [9.17, 15) is 14.7 Å². The second-order valence-electron chi connectivity index (χ2n) is 5.52. The zero-order valence-electron chi connectivity index (χ0n) is 12.7. The number of aryl methyl sites for hydroxylation is 1. The lowest BCUT2D eigenvalue weighted by molar-refractivity contribution is -0.137. The third kappa shape index (κ3) is 4.54. The van der Waals surface area contributed by atoms with Gasteiger partial charge in [-0.05, 0) is 24.1 Å². The number of hydrogen-bond donors (Lipinski definition) is 3. The van der Waals surface area contributed by atoms with Crippen LogP contribution < -0.4 is 10.6 Å². The number of benzene rings is 1. The fraction of sp³-hybridized carbons (Fsp3) is 0.500. The van der Waals surface area contributed by atoms with Crippen LogP contribution in [0.15, 0.2) is 24.3 Å². The zero-order chi connectivity index (χ0) is 16.0. The maximum Gasteiger partial charge on any atom is 0.313 e. The van der Waals surface area contributed by atoms with Crippen molar-refractivity contribution in [2.24, 2.45) is 0 Å². The van der Waals surface area contributed by atoms with Crippen LogP contribution in [0.25, 0.3) is 0 Å². The van der Waals surface area contributed by atoms with E-state index in [1.165, 1.54) is 0 Å². The van der Waals surface area contributed by atoms with E-state index in [0.717, 1.165) is 12.0 Å². The Kier molecular flexibility index (Phi) is 5.51. The summed E-state index contributed by atoms with van der Waals surface area (Å²) in [5.74, 6) is -1.49. The monoisotopic (exact) mass is 306 g/mol. The molecule has 6 nitrogen and oxygen atoms in total. The predicted molar refractivity (Wildman–Crippen MR) is 82.5 cm³/mol. The maximum atomic E-state index is 11.8. The quantitative estimate of drug-likeness (QED) is 0.720. The number of hydrogen-bond acceptors (Lipinski definition) is 4. The van der Waals surface area contributed by atoms with Gasteiger partial charge in [-0.15, -0.1) is 0 Å². The first-order valence-corrected chi connectivity index (χ1v) is 7.51. The van der Waals surface area contributed by atoms with Crippen LogP contribution in [0.5, 0.6) is 0 Å². The minimum absolute atomic E-state index is 0.0530. The zero-order valence-corrected chi connectivity index (χ0v) is 12.7. The van der Waals surface area contributed by atoms with Gasteiger partial charge in [-0.1, -0.05) is 19.1 Å². The molecule has 0 saturated carbocycles. The minimum Gasteiger partial charge on any atom is -0.388 e. The van der Waals surface area contributed by atoms with E-state index in [2.05, 4.69) is 10.6 Å². The van der Waals surface area contributed by atoms with Crippen LogP contribution >= 0.6 is 0 Å². The molecule has 1 aliphatic heterocycles. The smallest absolute Gasteiger partial charge is 0.313 e. The van der Waals surface area contributed by atoms with E-state index in [1.807, 2.05) is 19.1 Å². The van der Waals surface area contributed by atoms with Gasteiger partial charge in [0.1, 0.15) is 0 Å². The molecular formula is C16H22N2O4. The fourth-order valence-corrected chi connectivity index (χ4v) is 2.26. The number of carbonyl (C=O) groups excluding carboxylic acids is 2. The Morgan fingerprint density at radius 2 is 1.82 bits per heavy atom. The molecule has 1 saturated heterocycles. The third-order valence-electron chi connectivity index (χ3n) is 3.83. The van der Waals surface area contributed by atoms with E-state index >= 15 is 0 Å². The number of amides is 2. The van der Waals surface area contributed by atoms with Crippen molar-refractivity contribution in [3.05, 3.63) is 29.8 Å². The lowest BCUT2D eigenvalue weighted by atomic mass is 9.94. The summed E-state index contributed by atoms with van der Waals surface area (Å²) in [6, 6.07) is 7.32. The molecule has 1 aliphatic rings. The molecule has 1 aromatic carbocycles. The molecule has 2 rings (SSSR count). The van der Waals surface area contributed by atoms with Gasteiger partial charge in [0.15, 0.2) is 0 Å². The second-order valence-corrected chi connectivity index (χ2v) is 5.52. The van der Waals surface area contributed by atoms with Gasteiger partial charge in [0.05, 0.1) is 5.60 Å². The predicted octanol–water partition coefficient (Wildman–Crippen LogP) is 0.845. The standard InChI is InChI=1S/C16H22N2O4/c1-2-12-3-5-13(6-4-12)18-15(20)14(19)17-11-16(21)7-9-22-10-8-16/h3-6,21H,2,7-11H2,1H3,(H,17,19)(H,18,20). The van der Waals surface area contributed by atoms with Gasteiger partial charge in [0.2, 0.25) is 0 Å². The average molecular weight is 306 g/mol. The minimum atomic E-state index is -0.989. The molecule has 0 aromatic heterocycles. The summed E-state index contributed by atoms with van der Waals surface area (Å²) in [5, 5.41) is 15.2. The largest absolute Gasteiger partial charge is 0.388 e. The Bertz CT molecular complexity index is 521. The van der Waals surface area contributed by atoms with E-state index in [-0.39, 0.29) is 6.54 Å². The summed E-state index contributed by atoms with van der Waals surface area (Å²) >= 11 is 0. The summed E-state index contributed by atoms with van der Waals surface area (Å²) in [7, 11) is 0. The van der Waals surface area contributed by atoms with Crippen LogP contribution in [0, 0.1) is 0 Å². The molecule has 0 bridgehead atoms. The van der Waals surface area contributed by atoms with Gasteiger partial charge in [-0.3, -0.25) is 9.59 Å². The van der Waals surface area contributed by atoms with Crippen molar-refractivity contribution in [2.45, 2.75) is 31.8 Å². The van der Waals surface area contributed by atoms with Gasteiger partial charge in [-0.25, -0.2) is 0 Å². The van der Waals surface area contributed by atoms with Crippen LogP contribution in [0.4, 0.5) is 5.69 Å². The highest BCUT2D eigenvalue weighted by Crippen LogP contribution is 2.19. The molecule has 1 aromatic rings. The number of aliphatic hydroxyl groups is 1. The Morgan fingerprint density at radius 3 is 2.41 bits per heavy atom. The molecule has 0 unspecified atom stereocenters. The van der Waals surface area contributed by atoms with Gasteiger partial charge in [-0.2, -0.15) is 0 Å². The summed E-state index contributed by atoms with van der Waals surface area (Å²) in [6.07, 6.45) is 1.82. The van der Waals surface area contributed by atoms with Gasteiger partial charge in [0.25, 0.3) is 0 Å². The number of rotatable bonds is 4. The summed E-state index contributed by atoms with van der Waals surface area (Å²) < 4.78 is 5.17. The number of nitrogens with one attached hydrogen (secondary N) is 2. The van der Waals surface area contributed by atoms with Crippen molar-refractivity contribution in [3.63, 3.8) is 0 Å². The second kappa shape index (κ2) is 7.38. The first-order valence-electron chi connectivity index (χ1n) is 7.51. The Labute approximate surface area is 129 Å². The molecule has 22 heavy (non-hydrogen) atoms. The van der Waals surface area contributed by atoms with Crippen molar-refractivity contribution >= 4 is 17.5 Å². The van der Waals surface area contributed by atoms with E-state index in [4.69, 9.17) is 4.74 Å². The fourth-order valence-electron chi connectivity index (χ4n) is 2.26. The molecule has 6 heteroatoms. The number of anilines is 1. The lowest BCUT2D eigenvalue weighted by Crippen LogP contribution is -2.48. The van der Waals surface area contributed by atoms with Gasteiger partial charge in [0, 0.05) is 38.3 Å². The summed E-state index contributed by atoms with van der Waals surface area (Å²) in [6.45, 7) is 3.02. The Balaban J connectivity index is 1.82. The lowest BCUT2D eigenvalue weighted by Gasteiger charge is -2.31. The summed E-state index contributed by atoms with van der Waals surface area (Å²) in [4.78, 5) is 23.6. The van der Waals surface area contributed by atoms with Crippen LogP contribution in [0.2, 0.25) is 0 Å². The molecular weight excluding hydrogens is 284 g/mol. The van der Waals surface area contributed by atoms with Crippen molar-refractivity contribution in [1.82, 2.24) is 5.32 Å². The van der Waals surface area contributed by atoms with Gasteiger partial charge < -0.3 is 20.5 Å². The average Bonchev–Trinajstić information content (AvgIpc) is 2.54. The van der Waals surface area contributed by atoms with E-state index in [1.54, 1.807) is 12.1 Å². The molecule has 1 fully saturated rings. The maximum absolute atomic E-state index is 11.8. The van der Waals surface area contributed by atoms with Crippen molar-refractivity contribution in [3.8, 4) is 0 Å². The van der Waals surface area contributed by atoms with Crippen LogP contribution in [-0.2, 0) is 20.7 Å². The van der Waals surface area contributed by atoms with Crippen molar-refractivity contribution in [1.29, 1.82) is 0 Å². The van der Waals surface area contributed by atoms with Crippen molar-refractivity contribution < 1.29 is 19.4 Å². The molecule has 2 amide bonds. The molecule has 120 valence electrons. The van der Waals surface area contributed by atoms with E-state index < -0.39 is 17.4 Å². The molecule has 0 radical (unpaired) electrons. The third-order valence-corrected chi connectivity index (χ3v) is 3.83. The number of carbonyl (C=O) groups is 2. The van der Waals surface area contributed by atoms with Crippen LogP contribution in [-0.4, -0.2) is 42.3 Å². The van der Waals surface area contributed by atoms with Crippen LogP contribution in [0.1, 0.15) is 25.3 Å². The highest BCUT2D eigenvalue weighted by Gasteiger charge is 2.30. The van der Waals surface area contributed by atoms with E-state index in [0.29, 0.717) is 31.7 Å². The van der Waals surface area contributed by atoms with Crippen molar-refractivity contribution in [2.75, 3.05) is 25.1 Å². The first-order chi connectivity index (χ1) is 10.5. The SMILES string of the molecule is CCc1ccc(NC(=O)C(=O)NCC2(O)CCOCC2)cc1. The highest BCUT2D eigenvalue weighted by atomic mass is 16.5. The Morgan fingerprint density at radius 1 is 1.18 bits per heavy atom. The normalized spacial score (nSPS) is 16.8. The molecule has 0 atom stereocenters. The van der Waals surface area contributed by atoms with Gasteiger partial charge >= 0.3 is 11.8 Å². The molecule has 3 N–H and O–H groups in total. The molecule has 0 aliphatic carbocycles. The molecule has 1 heterocycles. The highest BCUT2D eigenvalue weighted by molar-refractivity contribution is 6.39. The summed E-state index contributed by atoms with van der Waals surface area (Å²) in [5.41, 5.74) is 0.739. The Hall–Kier alpha value is -1.92. The van der Waals surface area contributed by atoms with Crippen LogP contribution in [0.3, 0.4) is 0 Å². The first kappa shape index (κ1) is 16.5.